The zero-order chi connectivity index (χ0) is 14.6. The number of nitrogens with two attached hydrogens (primary N) is 1. The van der Waals surface area contributed by atoms with Crippen molar-refractivity contribution in [2.75, 3.05) is 0 Å². The minimum Gasteiger partial charge on any atom is -0.428 e. The van der Waals surface area contributed by atoms with Gasteiger partial charge in [-0.2, -0.15) is 17.6 Å². The number of hydrogen-bond acceptors (Lipinski definition) is 2. The third-order valence-electron chi connectivity index (χ3n) is 2.36. The quantitative estimate of drug-likeness (QED) is 0.627. The molecule has 1 aromatic carbocycles. The largest absolute Gasteiger partial charge is 0.461 e. The second kappa shape index (κ2) is 7.50. The van der Waals surface area contributed by atoms with Crippen molar-refractivity contribution in [3.63, 3.8) is 0 Å². The van der Waals surface area contributed by atoms with Crippen LogP contribution in [0.1, 0.15) is 24.9 Å². The Bertz CT molecular complexity index is 454. The zero-order valence-electron chi connectivity index (χ0n) is 10.8. The second-order valence-electron chi connectivity index (χ2n) is 4.30. The van der Waals surface area contributed by atoms with Crippen LogP contribution in [0.2, 0.25) is 0 Å². The van der Waals surface area contributed by atoms with Crippen LogP contribution in [-0.4, -0.2) is 12.5 Å². The van der Waals surface area contributed by atoms with Crippen LogP contribution >= 0.6 is 12.4 Å². The fourth-order valence-corrected chi connectivity index (χ4v) is 1.50. The van der Waals surface area contributed by atoms with E-state index < -0.39 is 18.6 Å². The Hall–Kier alpha value is -1.27. The van der Waals surface area contributed by atoms with Crippen LogP contribution in [0.4, 0.5) is 17.6 Å². The first kappa shape index (κ1) is 18.7. The van der Waals surface area contributed by atoms with E-state index in [4.69, 9.17) is 5.73 Å². The molecule has 0 amide bonds. The third kappa shape index (κ3) is 5.38. The number of hydrogen-bond donors (Lipinski definition) is 1. The minimum absolute atomic E-state index is 0. The first-order valence-corrected chi connectivity index (χ1v) is 5.57. The van der Waals surface area contributed by atoms with Crippen molar-refractivity contribution >= 4 is 12.4 Å². The number of ether oxygens (including phenoxy) is 1. The molecule has 7 heteroatoms. The normalized spacial score (nSPS) is 12.8. The Morgan fingerprint density at radius 2 is 2.00 bits per heavy atom. The van der Waals surface area contributed by atoms with Crippen LogP contribution in [0.15, 0.2) is 36.4 Å². The van der Waals surface area contributed by atoms with E-state index in [9.17, 15) is 17.6 Å². The van der Waals surface area contributed by atoms with E-state index in [2.05, 4.69) is 11.3 Å². The van der Waals surface area contributed by atoms with E-state index in [1.165, 1.54) is 18.2 Å². The summed E-state index contributed by atoms with van der Waals surface area (Å²) in [7, 11) is 0. The monoisotopic (exact) mass is 313 g/mol. The predicted molar refractivity (Wildman–Crippen MR) is 71.6 cm³/mol. The summed E-state index contributed by atoms with van der Waals surface area (Å²) in [6, 6.07) is 4.99. The average molecular weight is 314 g/mol. The van der Waals surface area contributed by atoms with Gasteiger partial charge < -0.3 is 10.5 Å². The summed E-state index contributed by atoms with van der Waals surface area (Å²) < 4.78 is 53.5. The standard InChI is InChI=1S/C13H15F4NO.ClH/c1-8(2)6-11(18)9-4-3-5-10(7-9)19-13(16,17)12(14)15;/h3-5,7,11-12H,1,6,18H2,2H3;1H/t11-;/m1./s1. The predicted octanol–water partition coefficient (Wildman–Crippen LogP) is 4.31. The molecular formula is C13H16ClF4NO. The van der Waals surface area contributed by atoms with Crippen molar-refractivity contribution in [3.05, 3.63) is 42.0 Å². The van der Waals surface area contributed by atoms with Gasteiger partial charge in [-0.3, -0.25) is 0 Å². The summed E-state index contributed by atoms with van der Waals surface area (Å²) in [5.41, 5.74) is 7.19. The minimum atomic E-state index is -4.52. The van der Waals surface area contributed by atoms with Crippen LogP contribution < -0.4 is 10.5 Å². The fraction of sp³-hybridized carbons (Fsp3) is 0.385. The molecule has 1 rings (SSSR count). The van der Waals surface area contributed by atoms with E-state index in [0.717, 1.165) is 5.57 Å². The third-order valence-corrected chi connectivity index (χ3v) is 2.36. The molecule has 114 valence electrons. The summed E-state index contributed by atoms with van der Waals surface area (Å²) in [4.78, 5) is 0. The molecule has 0 bridgehead atoms. The molecule has 2 nitrogen and oxygen atoms in total. The van der Waals surface area contributed by atoms with E-state index in [-0.39, 0.29) is 18.2 Å². The molecule has 0 aliphatic rings. The van der Waals surface area contributed by atoms with Gasteiger partial charge in [-0.1, -0.05) is 17.7 Å². The van der Waals surface area contributed by atoms with Gasteiger partial charge in [0.1, 0.15) is 5.75 Å². The Morgan fingerprint density at radius 1 is 1.40 bits per heavy atom. The Balaban J connectivity index is 0.00000361. The molecule has 0 unspecified atom stereocenters. The Labute approximate surface area is 121 Å². The molecule has 0 saturated heterocycles. The van der Waals surface area contributed by atoms with Crippen LogP contribution in [0.3, 0.4) is 0 Å². The maximum atomic E-state index is 12.8. The average Bonchev–Trinajstić information content (AvgIpc) is 2.27. The number of halogens is 5. The lowest BCUT2D eigenvalue weighted by Gasteiger charge is -2.18. The summed E-state index contributed by atoms with van der Waals surface area (Å²) in [5.74, 6) is -0.347. The Morgan fingerprint density at radius 3 is 2.50 bits per heavy atom. The Kier molecular flexibility index (Phi) is 7.02. The molecule has 0 heterocycles. The van der Waals surface area contributed by atoms with Crippen molar-refractivity contribution in [1.29, 1.82) is 0 Å². The SMILES string of the molecule is C=C(C)C[C@@H](N)c1cccc(OC(F)(F)C(F)F)c1.Cl. The first-order chi connectivity index (χ1) is 8.72. The smallest absolute Gasteiger partial charge is 0.428 e. The highest BCUT2D eigenvalue weighted by Gasteiger charge is 2.43. The second-order valence-corrected chi connectivity index (χ2v) is 4.30. The molecule has 2 N–H and O–H groups in total. The van der Waals surface area contributed by atoms with Crippen molar-refractivity contribution in [2.45, 2.75) is 31.9 Å². The van der Waals surface area contributed by atoms with E-state index >= 15 is 0 Å². The lowest BCUT2D eigenvalue weighted by molar-refractivity contribution is -0.253. The summed E-state index contributed by atoms with van der Waals surface area (Å²) in [6.07, 6.45) is -7.94. The van der Waals surface area contributed by atoms with Gasteiger partial charge in [0.25, 0.3) is 0 Å². The first-order valence-electron chi connectivity index (χ1n) is 5.57. The lowest BCUT2D eigenvalue weighted by Crippen LogP contribution is -2.33. The molecule has 0 spiro atoms. The molecule has 0 aromatic heterocycles. The molecular weight excluding hydrogens is 298 g/mol. The summed E-state index contributed by atoms with van der Waals surface area (Å²) in [5, 5.41) is 0. The summed E-state index contributed by atoms with van der Waals surface area (Å²) in [6.45, 7) is 5.48. The number of benzene rings is 1. The fourth-order valence-electron chi connectivity index (χ4n) is 1.50. The molecule has 0 fully saturated rings. The van der Waals surface area contributed by atoms with Crippen LogP contribution in [0.5, 0.6) is 5.75 Å². The molecule has 1 atom stereocenters. The van der Waals surface area contributed by atoms with Crippen molar-refractivity contribution < 1.29 is 22.3 Å². The molecule has 0 radical (unpaired) electrons. The van der Waals surface area contributed by atoms with Gasteiger partial charge in [-0.25, -0.2) is 0 Å². The van der Waals surface area contributed by atoms with E-state index in [1.54, 1.807) is 13.0 Å². The van der Waals surface area contributed by atoms with Gasteiger partial charge in [0, 0.05) is 6.04 Å². The summed E-state index contributed by atoms with van der Waals surface area (Å²) >= 11 is 0. The zero-order valence-corrected chi connectivity index (χ0v) is 11.6. The van der Waals surface area contributed by atoms with E-state index in [0.29, 0.717) is 12.0 Å². The molecule has 0 saturated carbocycles. The maximum Gasteiger partial charge on any atom is 0.461 e. The van der Waals surface area contributed by atoms with Gasteiger partial charge in [-0.05, 0) is 31.0 Å². The number of alkyl halides is 4. The molecule has 1 aromatic rings. The molecule has 0 aliphatic heterocycles. The molecule has 20 heavy (non-hydrogen) atoms. The van der Waals surface area contributed by atoms with Gasteiger partial charge in [0.15, 0.2) is 0 Å². The van der Waals surface area contributed by atoms with Gasteiger partial charge in [-0.15, -0.1) is 19.0 Å². The highest BCUT2D eigenvalue weighted by molar-refractivity contribution is 5.85. The van der Waals surface area contributed by atoms with Gasteiger partial charge in [0.2, 0.25) is 0 Å². The van der Waals surface area contributed by atoms with Gasteiger partial charge >= 0.3 is 12.5 Å². The highest BCUT2D eigenvalue weighted by Crippen LogP contribution is 2.29. The molecule has 0 aliphatic carbocycles. The van der Waals surface area contributed by atoms with E-state index in [1.807, 2.05) is 0 Å². The van der Waals surface area contributed by atoms with Crippen molar-refractivity contribution in [1.82, 2.24) is 0 Å². The highest BCUT2D eigenvalue weighted by atomic mass is 35.5. The van der Waals surface area contributed by atoms with Crippen LogP contribution in [0, 0.1) is 0 Å². The van der Waals surface area contributed by atoms with Crippen molar-refractivity contribution in [2.24, 2.45) is 5.73 Å². The van der Waals surface area contributed by atoms with Crippen LogP contribution in [-0.2, 0) is 0 Å². The van der Waals surface area contributed by atoms with Gasteiger partial charge in [0.05, 0.1) is 0 Å². The maximum absolute atomic E-state index is 12.8. The van der Waals surface area contributed by atoms with Crippen molar-refractivity contribution in [3.8, 4) is 5.75 Å². The topological polar surface area (TPSA) is 35.2 Å². The van der Waals surface area contributed by atoms with Crippen LogP contribution in [0.25, 0.3) is 0 Å². The lowest BCUT2D eigenvalue weighted by atomic mass is 10.0. The number of rotatable bonds is 6.